The minimum atomic E-state index is -1.27. The maximum Gasteiger partial charge on any atom is 0.335 e. The van der Waals surface area contributed by atoms with Gasteiger partial charge in [-0.1, -0.05) is 30.3 Å². The van der Waals surface area contributed by atoms with Crippen molar-refractivity contribution in [2.45, 2.75) is 26.4 Å². The molecule has 0 aliphatic rings. The monoisotopic (exact) mass is 356 g/mol. The number of amides is 2. The summed E-state index contributed by atoms with van der Waals surface area (Å²) in [7, 11) is 0. The van der Waals surface area contributed by atoms with E-state index in [0.717, 1.165) is 11.6 Å². The summed E-state index contributed by atoms with van der Waals surface area (Å²) in [6.07, 6.45) is 0. The molecule has 0 unspecified atom stereocenters. The van der Waals surface area contributed by atoms with Gasteiger partial charge in [-0.05, 0) is 37.6 Å². The Labute approximate surface area is 150 Å². The van der Waals surface area contributed by atoms with Crippen LogP contribution in [0.2, 0.25) is 0 Å². The van der Waals surface area contributed by atoms with Crippen LogP contribution in [0.4, 0.5) is 10.5 Å². The molecule has 2 rings (SSSR count). The van der Waals surface area contributed by atoms with Crippen molar-refractivity contribution in [1.82, 2.24) is 4.90 Å². The summed E-state index contributed by atoms with van der Waals surface area (Å²) < 4.78 is 0. The summed E-state index contributed by atoms with van der Waals surface area (Å²) in [5.74, 6) is -2.54. The zero-order valence-electron chi connectivity index (χ0n) is 14.5. The molecule has 0 aliphatic carbocycles. The van der Waals surface area contributed by atoms with Crippen LogP contribution in [-0.2, 0) is 6.54 Å². The van der Waals surface area contributed by atoms with E-state index < -0.39 is 18.0 Å². The number of hydrogen-bond donors (Lipinski definition) is 3. The van der Waals surface area contributed by atoms with Gasteiger partial charge >= 0.3 is 18.0 Å². The molecular formula is C19H20N2O5. The van der Waals surface area contributed by atoms with Gasteiger partial charge in [-0.15, -0.1) is 0 Å². The Balaban J connectivity index is 2.25. The highest BCUT2D eigenvalue weighted by Crippen LogP contribution is 2.18. The van der Waals surface area contributed by atoms with Crippen LogP contribution in [0.1, 0.15) is 40.1 Å². The van der Waals surface area contributed by atoms with E-state index in [2.05, 4.69) is 5.32 Å². The molecule has 0 atom stereocenters. The molecule has 0 bridgehead atoms. The Bertz CT molecular complexity index is 786. The van der Waals surface area contributed by atoms with E-state index in [1.165, 1.54) is 12.1 Å². The summed E-state index contributed by atoms with van der Waals surface area (Å²) in [6, 6.07) is 12.4. The molecule has 0 saturated heterocycles. The van der Waals surface area contributed by atoms with Gasteiger partial charge in [-0.2, -0.15) is 0 Å². The standard InChI is InChI=1S/C19H20N2O5/c1-12(2)21(11-13-6-4-3-5-7-13)19(26)20-16-9-14(17(22)23)8-15(10-16)18(24)25/h3-10,12H,11H2,1-2H3,(H,20,26)(H,22,23)(H,24,25). The summed E-state index contributed by atoms with van der Waals surface area (Å²) in [5.41, 5.74) is 0.645. The smallest absolute Gasteiger partial charge is 0.335 e. The van der Waals surface area contributed by atoms with E-state index in [1.807, 2.05) is 44.2 Å². The van der Waals surface area contributed by atoms with Crippen LogP contribution in [0.3, 0.4) is 0 Å². The average Bonchev–Trinajstić information content (AvgIpc) is 2.59. The first kappa shape index (κ1) is 19.0. The maximum atomic E-state index is 12.6. The fraction of sp³-hybridized carbons (Fsp3) is 0.211. The molecule has 0 radical (unpaired) electrons. The molecule has 2 aromatic rings. The van der Waals surface area contributed by atoms with Gasteiger partial charge in [0.2, 0.25) is 0 Å². The van der Waals surface area contributed by atoms with Crippen LogP contribution < -0.4 is 5.32 Å². The number of carboxylic acid groups (broad SMARTS) is 2. The first-order valence-corrected chi connectivity index (χ1v) is 8.01. The molecule has 26 heavy (non-hydrogen) atoms. The first-order chi connectivity index (χ1) is 12.3. The molecular weight excluding hydrogens is 336 g/mol. The molecule has 7 nitrogen and oxygen atoms in total. The Morgan fingerprint density at radius 1 is 0.962 bits per heavy atom. The fourth-order valence-electron chi connectivity index (χ4n) is 2.41. The van der Waals surface area contributed by atoms with Gasteiger partial charge in [-0.3, -0.25) is 0 Å². The molecule has 2 amide bonds. The zero-order chi connectivity index (χ0) is 19.3. The normalized spacial score (nSPS) is 10.4. The SMILES string of the molecule is CC(C)N(Cc1ccccc1)C(=O)Nc1cc(C(=O)O)cc(C(=O)O)c1. The number of carboxylic acids is 2. The van der Waals surface area contributed by atoms with Crippen LogP contribution >= 0.6 is 0 Å². The molecule has 3 N–H and O–H groups in total. The largest absolute Gasteiger partial charge is 0.478 e. The molecule has 0 aliphatic heterocycles. The maximum absolute atomic E-state index is 12.6. The number of aromatic carboxylic acids is 2. The van der Waals surface area contributed by atoms with E-state index in [4.69, 9.17) is 10.2 Å². The van der Waals surface area contributed by atoms with Crippen molar-refractivity contribution >= 4 is 23.7 Å². The van der Waals surface area contributed by atoms with Gasteiger partial charge in [0.15, 0.2) is 0 Å². The molecule has 0 aromatic heterocycles. The topological polar surface area (TPSA) is 107 Å². The first-order valence-electron chi connectivity index (χ1n) is 8.01. The lowest BCUT2D eigenvalue weighted by Crippen LogP contribution is -2.39. The summed E-state index contributed by atoms with van der Waals surface area (Å²) in [5, 5.41) is 20.8. The van der Waals surface area contributed by atoms with Crippen LogP contribution in [-0.4, -0.2) is 39.1 Å². The molecule has 0 heterocycles. The van der Waals surface area contributed by atoms with Gasteiger partial charge in [0, 0.05) is 18.3 Å². The Kier molecular flexibility index (Phi) is 5.95. The van der Waals surface area contributed by atoms with Gasteiger partial charge < -0.3 is 20.4 Å². The van der Waals surface area contributed by atoms with Crippen LogP contribution in [0.25, 0.3) is 0 Å². The van der Waals surface area contributed by atoms with Crippen LogP contribution in [0, 0.1) is 0 Å². The minimum Gasteiger partial charge on any atom is -0.478 e. The number of rotatable bonds is 6. The van der Waals surface area contributed by atoms with Crippen LogP contribution in [0.15, 0.2) is 48.5 Å². The van der Waals surface area contributed by atoms with Crippen molar-refractivity contribution in [3.8, 4) is 0 Å². The number of carbonyl (C=O) groups excluding carboxylic acids is 1. The van der Waals surface area contributed by atoms with Gasteiger partial charge in [0.05, 0.1) is 11.1 Å². The van der Waals surface area contributed by atoms with E-state index in [0.29, 0.717) is 6.54 Å². The quantitative estimate of drug-likeness (QED) is 0.734. The number of carbonyl (C=O) groups is 3. The van der Waals surface area contributed by atoms with Crippen molar-refractivity contribution in [2.75, 3.05) is 5.32 Å². The lowest BCUT2D eigenvalue weighted by molar-refractivity contribution is 0.0696. The number of hydrogen-bond acceptors (Lipinski definition) is 3. The zero-order valence-corrected chi connectivity index (χ0v) is 14.5. The molecule has 0 fully saturated rings. The molecule has 7 heteroatoms. The predicted octanol–water partition coefficient (Wildman–Crippen LogP) is 3.53. The molecule has 2 aromatic carbocycles. The lowest BCUT2D eigenvalue weighted by atomic mass is 10.1. The summed E-state index contributed by atoms with van der Waals surface area (Å²) in [4.78, 5) is 36.6. The second kappa shape index (κ2) is 8.15. The third-order valence-electron chi connectivity index (χ3n) is 3.76. The van der Waals surface area contributed by atoms with Crippen molar-refractivity contribution in [1.29, 1.82) is 0 Å². The number of anilines is 1. The van der Waals surface area contributed by atoms with Gasteiger partial charge in [0.25, 0.3) is 0 Å². The lowest BCUT2D eigenvalue weighted by Gasteiger charge is -2.27. The van der Waals surface area contributed by atoms with E-state index in [-0.39, 0.29) is 22.9 Å². The third-order valence-corrected chi connectivity index (χ3v) is 3.76. The fourth-order valence-corrected chi connectivity index (χ4v) is 2.41. The average molecular weight is 356 g/mol. The van der Waals surface area contributed by atoms with Crippen LogP contribution in [0.5, 0.6) is 0 Å². The number of benzene rings is 2. The van der Waals surface area contributed by atoms with Crippen molar-refractivity contribution in [3.63, 3.8) is 0 Å². The van der Waals surface area contributed by atoms with E-state index in [9.17, 15) is 14.4 Å². The highest BCUT2D eigenvalue weighted by molar-refractivity contribution is 5.98. The van der Waals surface area contributed by atoms with Crippen molar-refractivity contribution in [3.05, 3.63) is 65.2 Å². The minimum absolute atomic E-state index is 0.114. The van der Waals surface area contributed by atoms with E-state index in [1.54, 1.807) is 4.90 Å². The highest BCUT2D eigenvalue weighted by Gasteiger charge is 2.19. The highest BCUT2D eigenvalue weighted by atomic mass is 16.4. The Morgan fingerprint density at radius 3 is 1.96 bits per heavy atom. The predicted molar refractivity (Wildman–Crippen MR) is 96.5 cm³/mol. The molecule has 0 saturated carbocycles. The van der Waals surface area contributed by atoms with Crippen molar-refractivity contribution in [2.24, 2.45) is 0 Å². The summed E-state index contributed by atoms with van der Waals surface area (Å²) in [6.45, 7) is 4.09. The van der Waals surface area contributed by atoms with Gasteiger partial charge in [0.1, 0.15) is 0 Å². The molecule has 0 spiro atoms. The molecule has 136 valence electrons. The van der Waals surface area contributed by atoms with E-state index >= 15 is 0 Å². The number of nitrogens with one attached hydrogen (secondary N) is 1. The Morgan fingerprint density at radius 2 is 1.50 bits per heavy atom. The number of nitrogens with zero attached hydrogens (tertiary/aromatic N) is 1. The summed E-state index contributed by atoms with van der Waals surface area (Å²) >= 11 is 0. The third kappa shape index (κ3) is 4.83. The van der Waals surface area contributed by atoms with Crippen molar-refractivity contribution < 1.29 is 24.6 Å². The second-order valence-electron chi connectivity index (χ2n) is 6.05. The number of urea groups is 1. The second-order valence-corrected chi connectivity index (χ2v) is 6.05. The Hall–Kier alpha value is -3.35. The van der Waals surface area contributed by atoms with Gasteiger partial charge in [-0.25, -0.2) is 14.4 Å².